The second-order valence-corrected chi connectivity index (χ2v) is 6.87. The molecule has 0 aliphatic rings. The van der Waals surface area contributed by atoms with Gasteiger partial charge in [-0.2, -0.15) is 0 Å². The minimum atomic E-state index is -1.47. The average molecular weight is 359 g/mol. The molecule has 0 heterocycles. The highest BCUT2D eigenvalue weighted by atomic mass is 19.1. The third kappa shape index (κ3) is 4.81. The predicted octanol–water partition coefficient (Wildman–Crippen LogP) is 5.10. The Morgan fingerprint density at radius 1 is 1.15 bits per heavy atom. The molecule has 0 saturated heterocycles. The Balaban J connectivity index is 2.49. The lowest BCUT2D eigenvalue weighted by atomic mass is 9.99. The summed E-state index contributed by atoms with van der Waals surface area (Å²) in [4.78, 5) is 23.4. The number of benzene rings is 2. The lowest BCUT2D eigenvalue weighted by Gasteiger charge is -2.20. The molecule has 138 valence electrons. The quantitative estimate of drug-likeness (QED) is 0.796. The summed E-state index contributed by atoms with van der Waals surface area (Å²) in [6, 6.07) is 10.1. The van der Waals surface area contributed by atoms with Gasteiger partial charge in [-0.25, -0.2) is 14.0 Å². The van der Waals surface area contributed by atoms with Gasteiger partial charge >= 0.3 is 12.1 Å². The number of aryl methyl sites for hydroxylation is 1. The van der Waals surface area contributed by atoms with Crippen LogP contribution in [0.1, 0.15) is 43.6 Å². The van der Waals surface area contributed by atoms with Crippen molar-refractivity contribution in [2.45, 2.75) is 39.7 Å². The summed E-state index contributed by atoms with van der Waals surface area (Å²) in [6.45, 7) is 7.04. The van der Waals surface area contributed by atoms with E-state index in [2.05, 4.69) is 5.32 Å². The number of nitrogens with one attached hydrogen (secondary N) is 1. The molecule has 6 heteroatoms. The van der Waals surface area contributed by atoms with Crippen LogP contribution in [0.2, 0.25) is 0 Å². The third-order valence-electron chi connectivity index (χ3n) is 3.61. The molecule has 2 aromatic rings. The van der Waals surface area contributed by atoms with Crippen LogP contribution in [0.3, 0.4) is 0 Å². The van der Waals surface area contributed by atoms with Gasteiger partial charge in [-0.1, -0.05) is 31.2 Å². The van der Waals surface area contributed by atoms with Crippen molar-refractivity contribution in [2.24, 2.45) is 0 Å². The Hall–Kier alpha value is -2.89. The van der Waals surface area contributed by atoms with Gasteiger partial charge in [0.05, 0.1) is 5.69 Å². The number of carbonyl (C=O) groups excluding carboxylic acids is 1. The number of carboxylic acids is 1. The molecule has 1 amide bonds. The molecule has 0 saturated carbocycles. The first kappa shape index (κ1) is 19.4. The van der Waals surface area contributed by atoms with Gasteiger partial charge in [-0.15, -0.1) is 0 Å². The van der Waals surface area contributed by atoms with Gasteiger partial charge in [0.1, 0.15) is 17.0 Å². The predicted molar refractivity (Wildman–Crippen MR) is 98.0 cm³/mol. The van der Waals surface area contributed by atoms with Crippen LogP contribution in [-0.2, 0) is 11.2 Å². The number of ether oxygens (including phenoxy) is 1. The van der Waals surface area contributed by atoms with Crippen molar-refractivity contribution in [2.75, 3.05) is 5.32 Å². The van der Waals surface area contributed by atoms with Crippen LogP contribution < -0.4 is 5.32 Å². The molecular formula is C20H22FNO4. The highest BCUT2D eigenvalue weighted by molar-refractivity contribution is 6.00. The molecule has 26 heavy (non-hydrogen) atoms. The van der Waals surface area contributed by atoms with Gasteiger partial charge < -0.3 is 9.84 Å². The molecule has 0 unspecified atom stereocenters. The van der Waals surface area contributed by atoms with Crippen molar-refractivity contribution >= 4 is 17.7 Å². The van der Waals surface area contributed by atoms with E-state index < -0.39 is 29.0 Å². The maximum atomic E-state index is 14.4. The van der Waals surface area contributed by atoms with Crippen molar-refractivity contribution in [3.05, 3.63) is 53.3 Å². The molecule has 0 fully saturated rings. The summed E-state index contributed by atoms with van der Waals surface area (Å²) in [7, 11) is 0. The zero-order valence-electron chi connectivity index (χ0n) is 15.2. The molecule has 0 aliphatic carbocycles. The number of aromatic carboxylic acids is 1. The SMILES string of the molecule is CCc1cccc(-c2cc(F)c(C(=O)O)c(NC(=O)OC(C)(C)C)c2)c1. The second-order valence-electron chi connectivity index (χ2n) is 6.87. The van der Waals surface area contributed by atoms with Gasteiger partial charge in [0.15, 0.2) is 0 Å². The lowest BCUT2D eigenvalue weighted by molar-refractivity contribution is 0.0636. The standard InChI is InChI=1S/C20H22FNO4/c1-5-12-7-6-8-13(9-12)14-10-15(21)17(18(23)24)16(11-14)22-19(25)26-20(2,3)4/h6-11H,5H2,1-4H3,(H,22,25)(H,23,24). The number of halogens is 1. The number of carbonyl (C=O) groups is 2. The summed E-state index contributed by atoms with van der Waals surface area (Å²) >= 11 is 0. The minimum Gasteiger partial charge on any atom is -0.478 e. The Kier molecular flexibility index (Phi) is 5.65. The van der Waals surface area contributed by atoms with Gasteiger partial charge in [0, 0.05) is 0 Å². The van der Waals surface area contributed by atoms with Crippen LogP contribution in [0.15, 0.2) is 36.4 Å². The van der Waals surface area contributed by atoms with Crippen LogP contribution in [0.5, 0.6) is 0 Å². The minimum absolute atomic E-state index is 0.149. The van der Waals surface area contributed by atoms with Crippen molar-refractivity contribution < 1.29 is 23.8 Å². The molecule has 0 atom stereocenters. The second kappa shape index (κ2) is 7.56. The molecule has 0 bridgehead atoms. The van der Waals surface area contributed by atoms with E-state index >= 15 is 0 Å². The maximum Gasteiger partial charge on any atom is 0.412 e. The molecule has 2 rings (SSSR count). The van der Waals surface area contributed by atoms with Crippen molar-refractivity contribution in [3.8, 4) is 11.1 Å². The Morgan fingerprint density at radius 2 is 1.85 bits per heavy atom. The fraction of sp³-hybridized carbons (Fsp3) is 0.300. The van der Waals surface area contributed by atoms with Crippen molar-refractivity contribution in [3.63, 3.8) is 0 Å². The Bertz CT molecular complexity index is 840. The zero-order chi connectivity index (χ0) is 19.5. The van der Waals surface area contributed by atoms with Crippen LogP contribution in [-0.4, -0.2) is 22.8 Å². The van der Waals surface area contributed by atoms with Gasteiger partial charge in [-0.3, -0.25) is 5.32 Å². The fourth-order valence-corrected chi connectivity index (χ4v) is 2.47. The molecule has 2 aromatic carbocycles. The van der Waals surface area contributed by atoms with Crippen LogP contribution in [0.25, 0.3) is 11.1 Å². The summed E-state index contributed by atoms with van der Waals surface area (Å²) < 4.78 is 19.6. The van der Waals surface area contributed by atoms with E-state index in [9.17, 15) is 19.1 Å². The zero-order valence-corrected chi connectivity index (χ0v) is 15.2. The number of rotatable bonds is 4. The molecule has 0 aromatic heterocycles. The number of carboxylic acid groups (broad SMARTS) is 1. The Morgan fingerprint density at radius 3 is 2.42 bits per heavy atom. The van der Waals surface area contributed by atoms with E-state index in [1.807, 2.05) is 25.1 Å². The first-order valence-corrected chi connectivity index (χ1v) is 8.27. The van der Waals surface area contributed by atoms with Gasteiger partial charge in [-0.05, 0) is 56.0 Å². The smallest absolute Gasteiger partial charge is 0.412 e. The summed E-state index contributed by atoms with van der Waals surface area (Å²) in [5.74, 6) is -2.40. The molecular weight excluding hydrogens is 337 g/mol. The summed E-state index contributed by atoms with van der Waals surface area (Å²) in [5.41, 5.74) is 0.738. The number of amides is 1. The van der Waals surface area contributed by atoms with Crippen LogP contribution in [0, 0.1) is 5.82 Å². The Labute approximate surface area is 151 Å². The monoisotopic (exact) mass is 359 g/mol. The third-order valence-corrected chi connectivity index (χ3v) is 3.61. The van der Waals surface area contributed by atoms with Crippen molar-refractivity contribution in [1.29, 1.82) is 0 Å². The molecule has 0 aliphatic heterocycles. The summed E-state index contributed by atoms with van der Waals surface area (Å²) in [5, 5.41) is 11.6. The topological polar surface area (TPSA) is 75.6 Å². The first-order valence-electron chi connectivity index (χ1n) is 8.27. The lowest BCUT2D eigenvalue weighted by Crippen LogP contribution is -2.28. The molecule has 0 radical (unpaired) electrons. The summed E-state index contributed by atoms with van der Waals surface area (Å²) in [6.07, 6.45) is -0.0362. The van der Waals surface area contributed by atoms with Crippen molar-refractivity contribution in [1.82, 2.24) is 0 Å². The molecule has 2 N–H and O–H groups in total. The fourth-order valence-electron chi connectivity index (χ4n) is 2.47. The largest absolute Gasteiger partial charge is 0.478 e. The van der Waals surface area contributed by atoms with Crippen LogP contribution >= 0.6 is 0 Å². The van der Waals surface area contributed by atoms with Gasteiger partial charge in [0.2, 0.25) is 0 Å². The average Bonchev–Trinajstić information content (AvgIpc) is 2.52. The maximum absolute atomic E-state index is 14.4. The molecule has 5 nitrogen and oxygen atoms in total. The van der Waals surface area contributed by atoms with E-state index in [0.29, 0.717) is 5.56 Å². The highest BCUT2D eigenvalue weighted by Gasteiger charge is 2.22. The van der Waals surface area contributed by atoms with E-state index in [-0.39, 0.29) is 5.69 Å². The van der Waals surface area contributed by atoms with Gasteiger partial charge in [0.25, 0.3) is 0 Å². The van der Waals surface area contributed by atoms with Crippen LogP contribution in [0.4, 0.5) is 14.9 Å². The van der Waals surface area contributed by atoms with E-state index in [4.69, 9.17) is 4.74 Å². The normalized spacial score (nSPS) is 11.1. The van der Waals surface area contributed by atoms with E-state index in [1.165, 1.54) is 6.07 Å². The molecule has 0 spiro atoms. The number of hydrogen-bond donors (Lipinski definition) is 2. The van der Waals surface area contributed by atoms with E-state index in [1.54, 1.807) is 26.8 Å². The number of hydrogen-bond acceptors (Lipinski definition) is 3. The first-order chi connectivity index (χ1) is 12.1. The number of anilines is 1. The van der Waals surface area contributed by atoms with E-state index in [0.717, 1.165) is 23.6 Å². The highest BCUT2D eigenvalue weighted by Crippen LogP contribution is 2.29.